The predicted octanol–water partition coefficient (Wildman–Crippen LogP) is 1.14. The summed E-state index contributed by atoms with van der Waals surface area (Å²) < 4.78 is 0. The van der Waals surface area contributed by atoms with Gasteiger partial charge in [0.25, 0.3) is 0 Å². The summed E-state index contributed by atoms with van der Waals surface area (Å²) in [5.41, 5.74) is 1.94. The first kappa shape index (κ1) is 13.3. The van der Waals surface area contributed by atoms with E-state index in [0.29, 0.717) is 31.7 Å². The van der Waals surface area contributed by atoms with E-state index in [4.69, 9.17) is 5.11 Å². The third-order valence-corrected chi connectivity index (χ3v) is 3.41. The Kier molecular flexibility index (Phi) is 3.69. The molecule has 1 aliphatic rings. The van der Waals surface area contributed by atoms with Crippen molar-refractivity contribution in [1.82, 2.24) is 9.88 Å². The number of hydrogen-bond donors (Lipinski definition) is 1. The van der Waals surface area contributed by atoms with E-state index >= 15 is 0 Å². The van der Waals surface area contributed by atoms with Crippen molar-refractivity contribution < 1.29 is 14.7 Å². The molecule has 0 saturated heterocycles. The summed E-state index contributed by atoms with van der Waals surface area (Å²) in [6.07, 6.45) is 0.355. The minimum atomic E-state index is -0.895. The summed E-state index contributed by atoms with van der Waals surface area (Å²) in [4.78, 5) is 29.7. The first-order chi connectivity index (χ1) is 8.99. The number of hydrogen-bond acceptors (Lipinski definition) is 3. The molecule has 6 heteroatoms. The molecule has 0 atom stereocenters. The molecule has 1 aromatic rings. The quantitative estimate of drug-likeness (QED) is 0.824. The van der Waals surface area contributed by atoms with Gasteiger partial charge in [-0.25, -0.2) is 9.78 Å². The van der Waals surface area contributed by atoms with Crippen LogP contribution in [0.25, 0.3) is 0 Å². The number of amides is 2. The normalized spacial score (nSPS) is 14.5. The number of aromatic nitrogens is 1. The van der Waals surface area contributed by atoms with E-state index in [1.54, 1.807) is 13.1 Å². The summed E-state index contributed by atoms with van der Waals surface area (Å²) in [7, 11) is 1.68. The van der Waals surface area contributed by atoms with Crippen LogP contribution >= 0.6 is 0 Å². The highest BCUT2D eigenvalue weighted by Crippen LogP contribution is 2.18. The van der Waals surface area contributed by atoms with Crippen LogP contribution in [0.2, 0.25) is 0 Å². The molecule has 1 aromatic heterocycles. The van der Waals surface area contributed by atoms with Crippen LogP contribution in [0.15, 0.2) is 12.1 Å². The second-order valence-electron chi connectivity index (χ2n) is 4.62. The fourth-order valence-electron chi connectivity index (χ4n) is 2.11. The van der Waals surface area contributed by atoms with Crippen molar-refractivity contribution in [2.45, 2.75) is 19.8 Å². The van der Waals surface area contributed by atoms with Crippen LogP contribution in [0.1, 0.15) is 18.2 Å². The van der Waals surface area contributed by atoms with Gasteiger partial charge in [-0.05, 0) is 18.1 Å². The Balaban J connectivity index is 2.23. The van der Waals surface area contributed by atoms with E-state index in [1.807, 2.05) is 6.07 Å². The van der Waals surface area contributed by atoms with Gasteiger partial charge in [0.05, 0.1) is 0 Å². The monoisotopic (exact) mass is 263 g/mol. The lowest BCUT2D eigenvalue weighted by Crippen LogP contribution is -2.31. The molecule has 1 N–H and O–H groups in total. The Morgan fingerprint density at radius 2 is 2.00 bits per heavy atom. The molecule has 0 bridgehead atoms. The van der Waals surface area contributed by atoms with Crippen LogP contribution in [0.3, 0.4) is 0 Å². The number of carbonyl (C=O) groups is 2. The second kappa shape index (κ2) is 5.26. The van der Waals surface area contributed by atoms with E-state index in [9.17, 15) is 9.59 Å². The zero-order valence-corrected chi connectivity index (χ0v) is 11.1. The third-order valence-electron chi connectivity index (χ3n) is 3.41. The number of fused-ring (bicyclic) bond motifs is 1. The van der Waals surface area contributed by atoms with E-state index in [0.717, 1.165) is 11.3 Å². The van der Waals surface area contributed by atoms with Gasteiger partial charge in [-0.2, -0.15) is 0 Å². The fraction of sp³-hybridized carbons (Fsp3) is 0.462. The van der Waals surface area contributed by atoms with Crippen molar-refractivity contribution in [2.75, 3.05) is 25.0 Å². The zero-order valence-electron chi connectivity index (χ0n) is 11.1. The SMILES string of the molecule is CC(=O)N(C)c1ccc2c(n1)CCN(C(=O)O)CC2. The molecule has 2 rings (SSSR count). The van der Waals surface area contributed by atoms with Gasteiger partial charge in [0.15, 0.2) is 0 Å². The third kappa shape index (κ3) is 2.83. The predicted molar refractivity (Wildman–Crippen MR) is 70.3 cm³/mol. The summed E-state index contributed by atoms with van der Waals surface area (Å²) in [6.45, 7) is 2.42. The highest BCUT2D eigenvalue weighted by atomic mass is 16.4. The first-order valence-corrected chi connectivity index (χ1v) is 6.20. The number of nitrogens with zero attached hydrogens (tertiary/aromatic N) is 3. The molecular formula is C13H17N3O3. The second-order valence-corrected chi connectivity index (χ2v) is 4.62. The van der Waals surface area contributed by atoms with Crippen LogP contribution in [0, 0.1) is 0 Å². The number of anilines is 1. The summed E-state index contributed by atoms with van der Waals surface area (Å²) in [5, 5.41) is 9.01. The maximum Gasteiger partial charge on any atom is 0.407 e. The van der Waals surface area contributed by atoms with Crippen molar-refractivity contribution in [1.29, 1.82) is 0 Å². The highest BCUT2D eigenvalue weighted by molar-refractivity contribution is 5.89. The van der Waals surface area contributed by atoms with Crippen LogP contribution in [0.4, 0.5) is 10.6 Å². The Morgan fingerprint density at radius 3 is 2.63 bits per heavy atom. The van der Waals surface area contributed by atoms with Gasteiger partial charge in [0.2, 0.25) is 5.91 Å². The highest BCUT2D eigenvalue weighted by Gasteiger charge is 2.19. The van der Waals surface area contributed by atoms with Gasteiger partial charge in [-0.15, -0.1) is 0 Å². The number of rotatable bonds is 1. The molecule has 0 saturated carbocycles. The molecule has 102 valence electrons. The van der Waals surface area contributed by atoms with Crippen molar-refractivity contribution in [2.24, 2.45) is 0 Å². The lowest BCUT2D eigenvalue weighted by Gasteiger charge is -2.15. The van der Waals surface area contributed by atoms with Gasteiger partial charge in [0, 0.05) is 39.2 Å². The van der Waals surface area contributed by atoms with Crippen molar-refractivity contribution in [3.05, 3.63) is 23.4 Å². The van der Waals surface area contributed by atoms with Gasteiger partial charge in [-0.1, -0.05) is 6.07 Å². The minimum absolute atomic E-state index is 0.0757. The van der Waals surface area contributed by atoms with Crippen molar-refractivity contribution >= 4 is 17.8 Å². The molecule has 0 unspecified atom stereocenters. The summed E-state index contributed by atoms with van der Waals surface area (Å²) in [5.74, 6) is 0.531. The van der Waals surface area contributed by atoms with E-state index in [-0.39, 0.29) is 5.91 Å². The number of carbonyl (C=O) groups excluding carboxylic acids is 1. The smallest absolute Gasteiger partial charge is 0.407 e. The van der Waals surface area contributed by atoms with Gasteiger partial charge in [-0.3, -0.25) is 4.79 Å². The van der Waals surface area contributed by atoms with E-state index in [2.05, 4.69) is 4.98 Å². The molecule has 6 nitrogen and oxygen atoms in total. The Labute approximate surface area is 111 Å². The molecule has 2 amide bonds. The van der Waals surface area contributed by atoms with Crippen LogP contribution in [-0.2, 0) is 17.6 Å². The Bertz CT molecular complexity index is 516. The zero-order chi connectivity index (χ0) is 14.0. The standard InChI is InChI=1S/C13H17N3O3/c1-9(17)15(2)12-4-3-10-5-7-16(13(18)19)8-6-11(10)14-12/h3-4H,5-8H2,1-2H3,(H,18,19). The first-order valence-electron chi connectivity index (χ1n) is 6.20. The van der Waals surface area contributed by atoms with Gasteiger partial charge >= 0.3 is 6.09 Å². The molecule has 19 heavy (non-hydrogen) atoms. The molecule has 0 aromatic carbocycles. The summed E-state index contributed by atoms with van der Waals surface area (Å²) >= 11 is 0. The number of carboxylic acid groups (broad SMARTS) is 1. The van der Waals surface area contributed by atoms with Crippen LogP contribution < -0.4 is 4.90 Å². The topological polar surface area (TPSA) is 73.7 Å². The maximum absolute atomic E-state index is 11.3. The average molecular weight is 263 g/mol. The Morgan fingerprint density at radius 1 is 1.32 bits per heavy atom. The van der Waals surface area contributed by atoms with E-state index < -0.39 is 6.09 Å². The largest absolute Gasteiger partial charge is 0.465 e. The fourth-order valence-corrected chi connectivity index (χ4v) is 2.11. The van der Waals surface area contributed by atoms with E-state index in [1.165, 1.54) is 16.7 Å². The molecular weight excluding hydrogens is 246 g/mol. The lowest BCUT2D eigenvalue weighted by atomic mass is 10.1. The number of pyridine rings is 1. The lowest BCUT2D eigenvalue weighted by molar-refractivity contribution is -0.116. The van der Waals surface area contributed by atoms with Crippen molar-refractivity contribution in [3.8, 4) is 0 Å². The van der Waals surface area contributed by atoms with Crippen LogP contribution in [-0.4, -0.2) is 47.1 Å². The maximum atomic E-state index is 11.3. The van der Waals surface area contributed by atoms with Crippen molar-refractivity contribution in [3.63, 3.8) is 0 Å². The molecule has 1 aliphatic heterocycles. The molecule has 0 fully saturated rings. The Hall–Kier alpha value is -2.11. The van der Waals surface area contributed by atoms with Crippen LogP contribution in [0.5, 0.6) is 0 Å². The van der Waals surface area contributed by atoms with Gasteiger partial charge in [0.1, 0.15) is 5.82 Å². The molecule has 0 radical (unpaired) electrons. The van der Waals surface area contributed by atoms with Gasteiger partial charge < -0.3 is 14.9 Å². The molecule has 0 spiro atoms. The molecule has 2 heterocycles. The summed E-state index contributed by atoms with van der Waals surface area (Å²) in [6, 6.07) is 3.74. The minimum Gasteiger partial charge on any atom is -0.465 e. The average Bonchev–Trinajstić information content (AvgIpc) is 2.59. The molecule has 0 aliphatic carbocycles.